The van der Waals surface area contributed by atoms with E-state index in [1.54, 1.807) is 42.1 Å². The number of carbonyl (C=O) groups excluding carboxylic acids is 1. The fraction of sp³-hybridized carbons (Fsp3) is 0.333. The van der Waals surface area contributed by atoms with Gasteiger partial charge in [0.2, 0.25) is 0 Å². The molecule has 2 aromatic heterocycles. The first-order chi connectivity index (χ1) is 12.8. The monoisotopic (exact) mass is 353 g/mol. The second-order valence-electron chi connectivity index (χ2n) is 6.09. The fourth-order valence-corrected chi connectivity index (χ4v) is 3.26. The zero-order valence-electron chi connectivity index (χ0n) is 14.4. The van der Waals surface area contributed by atoms with Gasteiger partial charge in [-0.15, -0.1) is 0 Å². The van der Waals surface area contributed by atoms with Crippen LogP contribution in [-0.2, 0) is 4.74 Å². The first kappa shape index (κ1) is 16.3. The van der Waals surface area contributed by atoms with E-state index < -0.39 is 0 Å². The first-order valence-corrected chi connectivity index (χ1v) is 8.49. The number of esters is 1. The molecule has 4 rings (SSSR count). The molecule has 1 aromatic carbocycles. The van der Waals surface area contributed by atoms with Crippen molar-refractivity contribution in [2.45, 2.75) is 18.9 Å². The van der Waals surface area contributed by atoms with Crippen LogP contribution in [0.15, 0.2) is 42.9 Å². The molecular weight excluding hydrogens is 334 g/mol. The highest BCUT2D eigenvalue weighted by Crippen LogP contribution is 2.25. The van der Waals surface area contributed by atoms with Crippen molar-refractivity contribution < 1.29 is 14.3 Å². The quantitative estimate of drug-likeness (QED) is 0.649. The van der Waals surface area contributed by atoms with Gasteiger partial charge >= 0.3 is 5.97 Å². The summed E-state index contributed by atoms with van der Waals surface area (Å²) in [6.45, 7) is 1.19. The molecule has 0 spiro atoms. The fourth-order valence-electron chi connectivity index (χ4n) is 3.26. The van der Waals surface area contributed by atoms with Crippen LogP contribution in [0, 0.1) is 0 Å². The van der Waals surface area contributed by atoms with Gasteiger partial charge in [-0.05, 0) is 37.1 Å². The summed E-state index contributed by atoms with van der Waals surface area (Å²) in [6.07, 6.45) is 5.18. The molecule has 8 heteroatoms. The zero-order valence-corrected chi connectivity index (χ0v) is 14.4. The number of carbonyl (C=O) groups is 1. The van der Waals surface area contributed by atoms with Crippen molar-refractivity contribution in [1.82, 2.24) is 19.6 Å². The number of fused-ring (bicyclic) bond motifs is 1. The SMILES string of the molecule is COc1cccc(C(=O)OC[C@H]2CCCN2c2ccnc3ncnn23)c1. The van der Waals surface area contributed by atoms with Crippen LogP contribution in [0.25, 0.3) is 5.78 Å². The van der Waals surface area contributed by atoms with Gasteiger partial charge in [0.25, 0.3) is 5.78 Å². The van der Waals surface area contributed by atoms with E-state index in [9.17, 15) is 4.79 Å². The Morgan fingerprint density at radius 1 is 1.31 bits per heavy atom. The summed E-state index contributed by atoms with van der Waals surface area (Å²) in [5, 5.41) is 4.24. The number of hydrogen-bond donors (Lipinski definition) is 0. The minimum absolute atomic E-state index is 0.0966. The molecule has 0 unspecified atom stereocenters. The topological polar surface area (TPSA) is 81.9 Å². The Morgan fingerprint density at radius 2 is 2.23 bits per heavy atom. The summed E-state index contributed by atoms with van der Waals surface area (Å²) >= 11 is 0. The summed E-state index contributed by atoms with van der Waals surface area (Å²) in [4.78, 5) is 22.9. The van der Waals surface area contributed by atoms with Gasteiger partial charge in [0.05, 0.1) is 18.7 Å². The van der Waals surface area contributed by atoms with Crippen LogP contribution in [0.1, 0.15) is 23.2 Å². The third kappa shape index (κ3) is 3.05. The predicted octanol–water partition coefficient (Wildman–Crippen LogP) is 1.96. The van der Waals surface area contributed by atoms with Gasteiger partial charge in [-0.3, -0.25) is 0 Å². The number of nitrogens with zero attached hydrogens (tertiary/aromatic N) is 5. The number of rotatable bonds is 5. The Hall–Kier alpha value is -3.16. The molecule has 0 N–H and O–H groups in total. The van der Waals surface area contributed by atoms with Crippen LogP contribution in [-0.4, -0.2) is 51.9 Å². The first-order valence-electron chi connectivity index (χ1n) is 8.49. The predicted molar refractivity (Wildman–Crippen MR) is 94.4 cm³/mol. The Morgan fingerprint density at radius 3 is 3.12 bits per heavy atom. The Labute approximate surface area is 150 Å². The molecule has 1 aliphatic heterocycles. The van der Waals surface area contributed by atoms with E-state index in [2.05, 4.69) is 20.0 Å². The van der Waals surface area contributed by atoms with Gasteiger partial charge in [0.1, 0.15) is 24.5 Å². The van der Waals surface area contributed by atoms with Crippen molar-refractivity contribution in [3.8, 4) is 5.75 Å². The highest BCUT2D eigenvalue weighted by atomic mass is 16.5. The van der Waals surface area contributed by atoms with Gasteiger partial charge < -0.3 is 14.4 Å². The van der Waals surface area contributed by atoms with E-state index in [-0.39, 0.29) is 12.0 Å². The lowest BCUT2D eigenvalue weighted by atomic mass is 10.2. The van der Waals surface area contributed by atoms with Crippen molar-refractivity contribution in [3.63, 3.8) is 0 Å². The molecule has 134 valence electrons. The number of methoxy groups -OCH3 is 1. The lowest BCUT2D eigenvalue weighted by Crippen LogP contribution is -2.35. The molecule has 0 aliphatic carbocycles. The minimum Gasteiger partial charge on any atom is -0.497 e. The second kappa shape index (κ2) is 6.99. The molecule has 3 aromatic rings. The molecular formula is C18H19N5O3. The maximum Gasteiger partial charge on any atom is 0.338 e. The highest BCUT2D eigenvalue weighted by Gasteiger charge is 2.28. The third-order valence-electron chi connectivity index (χ3n) is 4.54. The van der Waals surface area contributed by atoms with E-state index in [1.165, 1.54) is 6.33 Å². The van der Waals surface area contributed by atoms with Gasteiger partial charge in [-0.25, -0.2) is 9.78 Å². The molecule has 0 amide bonds. The summed E-state index contributed by atoms with van der Waals surface area (Å²) in [7, 11) is 1.57. The van der Waals surface area contributed by atoms with Crippen LogP contribution in [0.4, 0.5) is 5.82 Å². The molecule has 1 fully saturated rings. The van der Waals surface area contributed by atoms with E-state index >= 15 is 0 Å². The van der Waals surface area contributed by atoms with E-state index in [0.29, 0.717) is 23.7 Å². The molecule has 0 bridgehead atoms. The summed E-state index contributed by atoms with van der Waals surface area (Å²) in [6, 6.07) is 8.97. The van der Waals surface area contributed by atoms with Crippen LogP contribution < -0.4 is 9.64 Å². The Balaban J connectivity index is 1.47. The van der Waals surface area contributed by atoms with Crippen molar-refractivity contribution in [1.29, 1.82) is 0 Å². The van der Waals surface area contributed by atoms with Gasteiger partial charge in [-0.2, -0.15) is 14.6 Å². The number of aromatic nitrogens is 4. The molecule has 3 heterocycles. The van der Waals surface area contributed by atoms with Crippen LogP contribution >= 0.6 is 0 Å². The molecule has 8 nitrogen and oxygen atoms in total. The molecule has 1 atom stereocenters. The maximum absolute atomic E-state index is 12.3. The molecule has 1 aliphatic rings. The second-order valence-corrected chi connectivity index (χ2v) is 6.09. The van der Waals surface area contributed by atoms with Gasteiger partial charge in [-0.1, -0.05) is 6.07 Å². The van der Waals surface area contributed by atoms with E-state index in [0.717, 1.165) is 25.2 Å². The van der Waals surface area contributed by atoms with Gasteiger partial charge in [0.15, 0.2) is 0 Å². The lowest BCUT2D eigenvalue weighted by Gasteiger charge is -2.26. The van der Waals surface area contributed by atoms with Crippen molar-refractivity contribution in [3.05, 3.63) is 48.4 Å². The molecule has 26 heavy (non-hydrogen) atoms. The highest BCUT2D eigenvalue weighted by molar-refractivity contribution is 5.89. The number of anilines is 1. The average molecular weight is 353 g/mol. The van der Waals surface area contributed by atoms with Crippen molar-refractivity contribution in [2.24, 2.45) is 0 Å². The molecule has 0 radical (unpaired) electrons. The summed E-state index contributed by atoms with van der Waals surface area (Å²) in [5.41, 5.74) is 0.483. The van der Waals surface area contributed by atoms with E-state index in [4.69, 9.17) is 9.47 Å². The normalized spacial score (nSPS) is 16.8. The number of benzene rings is 1. The summed E-state index contributed by atoms with van der Waals surface area (Å²) in [5.74, 6) is 1.75. The van der Waals surface area contributed by atoms with Gasteiger partial charge in [0, 0.05) is 12.7 Å². The summed E-state index contributed by atoms with van der Waals surface area (Å²) < 4.78 is 12.4. The minimum atomic E-state index is -0.351. The number of ether oxygens (including phenoxy) is 2. The van der Waals surface area contributed by atoms with Crippen LogP contribution in [0.5, 0.6) is 5.75 Å². The average Bonchev–Trinajstić information content (AvgIpc) is 3.35. The molecule has 0 saturated carbocycles. The van der Waals surface area contributed by atoms with Crippen molar-refractivity contribution in [2.75, 3.05) is 25.2 Å². The third-order valence-corrected chi connectivity index (χ3v) is 4.54. The number of hydrogen-bond acceptors (Lipinski definition) is 7. The Bertz CT molecular complexity index is 926. The van der Waals surface area contributed by atoms with Crippen molar-refractivity contribution >= 4 is 17.6 Å². The Kier molecular flexibility index (Phi) is 4.39. The smallest absolute Gasteiger partial charge is 0.338 e. The van der Waals surface area contributed by atoms with E-state index in [1.807, 2.05) is 6.07 Å². The maximum atomic E-state index is 12.3. The molecule has 1 saturated heterocycles. The van der Waals surface area contributed by atoms with Crippen LogP contribution in [0.3, 0.4) is 0 Å². The standard InChI is InChI=1S/C18H19N5O3/c1-25-15-6-2-4-13(10-15)17(24)26-11-14-5-3-9-22(14)16-7-8-19-18-20-12-21-23(16)18/h2,4,6-8,10,12,14H,3,5,9,11H2,1H3/t14-/m1/s1. The largest absolute Gasteiger partial charge is 0.497 e. The zero-order chi connectivity index (χ0) is 17.9. The van der Waals surface area contributed by atoms with Crippen LogP contribution in [0.2, 0.25) is 0 Å². The lowest BCUT2D eigenvalue weighted by molar-refractivity contribution is 0.0482.